The van der Waals surface area contributed by atoms with E-state index in [1.807, 2.05) is 48.5 Å². The average Bonchev–Trinajstić information content (AvgIpc) is 3.35. The summed E-state index contributed by atoms with van der Waals surface area (Å²) >= 11 is 0. The molecule has 0 spiro atoms. The lowest BCUT2D eigenvalue weighted by Gasteiger charge is -2.35. The number of nitrogens with two attached hydrogens (primary N) is 1. The van der Waals surface area contributed by atoms with Crippen molar-refractivity contribution in [3.05, 3.63) is 71.8 Å². The summed E-state index contributed by atoms with van der Waals surface area (Å²) in [6, 6.07) is 20.9. The summed E-state index contributed by atoms with van der Waals surface area (Å²) in [4.78, 5) is 15.3. The second-order valence-electron chi connectivity index (χ2n) is 7.22. The summed E-state index contributed by atoms with van der Waals surface area (Å²) in [5, 5.41) is 3.44. The van der Waals surface area contributed by atoms with Gasteiger partial charge >= 0.3 is 0 Å². The molecule has 4 atom stereocenters. The highest BCUT2D eigenvalue weighted by molar-refractivity contribution is 5.94. The minimum Gasteiger partial charge on any atom is -0.369 e. The summed E-state index contributed by atoms with van der Waals surface area (Å²) in [6.07, 6.45) is 0. The van der Waals surface area contributed by atoms with Gasteiger partial charge < -0.3 is 11.1 Å². The Hall–Kier alpha value is -2.17. The van der Waals surface area contributed by atoms with Crippen LogP contribution >= 0.6 is 0 Å². The molecule has 4 heteroatoms. The normalized spacial score (nSPS) is 32.3. The smallest absolute Gasteiger partial charge is 0.230 e. The van der Waals surface area contributed by atoms with E-state index in [1.165, 1.54) is 5.56 Å². The van der Waals surface area contributed by atoms with Crippen LogP contribution in [-0.2, 0) is 10.2 Å². The van der Waals surface area contributed by atoms with E-state index in [9.17, 15) is 4.79 Å². The van der Waals surface area contributed by atoms with Crippen LogP contribution in [-0.4, -0.2) is 42.5 Å². The topological polar surface area (TPSA) is 58.4 Å². The lowest BCUT2D eigenvalue weighted by molar-refractivity contribution is -0.121. The zero-order valence-electron chi connectivity index (χ0n) is 14.6. The van der Waals surface area contributed by atoms with Crippen LogP contribution in [0.1, 0.15) is 24.0 Å². The second-order valence-corrected chi connectivity index (χ2v) is 7.22. The Bertz CT molecular complexity index is 748. The molecule has 4 rings (SSSR count). The first-order chi connectivity index (χ1) is 12.2. The average molecular weight is 335 g/mol. The number of nitrogens with zero attached hydrogens (tertiary/aromatic N) is 1. The number of rotatable bonds is 4. The molecule has 2 aromatic carbocycles. The molecule has 1 saturated heterocycles. The van der Waals surface area contributed by atoms with Crippen LogP contribution in [0.4, 0.5) is 0 Å². The van der Waals surface area contributed by atoms with Crippen molar-refractivity contribution in [3.8, 4) is 0 Å². The first kappa shape index (κ1) is 16.3. The van der Waals surface area contributed by atoms with Gasteiger partial charge in [-0.15, -0.1) is 0 Å². The van der Waals surface area contributed by atoms with Crippen molar-refractivity contribution in [3.63, 3.8) is 0 Å². The molecule has 4 unspecified atom stereocenters. The lowest BCUT2D eigenvalue weighted by atomic mass is 9.89. The van der Waals surface area contributed by atoms with Gasteiger partial charge in [-0.25, -0.2) is 0 Å². The van der Waals surface area contributed by atoms with E-state index in [2.05, 4.69) is 29.3 Å². The summed E-state index contributed by atoms with van der Waals surface area (Å²) in [7, 11) is 0. The predicted molar refractivity (Wildman–Crippen MR) is 99.3 cm³/mol. The van der Waals surface area contributed by atoms with Crippen molar-refractivity contribution in [1.82, 2.24) is 10.2 Å². The van der Waals surface area contributed by atoms with Gasteiger partial charge in [0.25, 0.3) is 0 Å². The van der Waals surface area contributed by atoms with E-state index in [-0.39, 0.29) is 17.9 Å². The third-order valence-electron chi connectivity index (χ3n) is 5.89. The lowest BCUT2D eigenvalue weighted by Crippen LogP contribution is -2.53. The second kappa shape index (κ2) is 6.28. The zero-order chi connectivity index (χ0) is 17.4. The van der Waals surface area contributed by atoms with E-state index in [1.54, 1.807) is 0 Å². The number of primary amides is 1. The predicted octanol–water partition coefficient (Wildman–Crippen LogP) is 1.87. The van der Waals surface area contributed by atoms with Crippen molar-refractivity contribution in [1.29, 1.82) is 0 Å². The number of carbonyl (C=O) groups is 1. The summed E-state index contributed by atoms with van der Waals surface area (Å²) in [6.45, 7) is 5.06. The molecule has 2 aromatic rings. The number of hydrogen-bond donors (Lipinski definition) is 2. The molecule has 2 fully saturated rings. The molecule has 0 aromatic heterocycles. The largest absolute Gasteiger partial charge is 0.369 e. The van der Waals surface area contributed by atoms with Crippen LogP contribution in [0.2, 0.25) is 0 Å². The minimum atomic E-state index is -0.645. The first-order valence-electron chi connectivity index (χ1n) is 9.04. The molecule has 1 aliphatic heterocycles. The fraction of sp³-hybridized carbons (Fsp3) is 0.381. The summed E-state index contributed by atoms with van der Waals surface area (Å²) in [5.41, 5.74) is 7.64. The maximum Gasteiger partial charge on any atom is 0.230 e. The van der Waals surface area contributed by atoms with Crippen LogP contribution in [0.5, 0.6) is 0 Å². The molecule has 1 aliphatic carbocycles. The van der Waals surface area contributed by atoms with E-state index in [0.717, 1.165) is 25.2 Å². The monoisotopic (exact) mass is 335 g/mol. The van der Waals surface area contributed by atoms with E-state index < -0.39 is 5.41 Å². The molecule has 25 heavy (non-hydrogen) atoms. The van der Waals surface area contributed by atoms with E-state index >= 15 is 0 Å². The number of benzene rings is 2. The van der Waals surface area contributed by atoms with Crippen LogP contribution < -0.4 is 11.1 Å². The third-order valence-corrected chi connectivity index (χ3v) is 5.89. The Kier molecular flexibility index (Phi) is 4.10. The number of carbonyl (C=O) groups excluding carboxylic acids is 1. The van der Waals surface area contributed by atoms with Crippen molar-refractivity contribution in [2.24, 2.45) is 5.73 Å². The molecule has 2 aliphatic rings. The molecule has 1 amide bonds. The van der Waals surface area contributed by atoms with Crippen molar-refractivity contribution >= 4 is 5.91 Å². The standard InChI is InChI=1S/C21H25N3O/c1-15-14-23-12-13-24(15)19-18(16-8-4-2-5-9-16)21(19,20(22)25)17-10-6-3-7-11-17/h2-11,15,18-19,23H,12-14H2,1H3,(H2,22,25). The van der Waals surface area contributed by atoms with Gasteiger partial charge in [-0.1, -0.05) is 60.7 Å². The molecule has 0 bridgehead atoms. The fourth-order valence-corrected chi connectivity index (χ4v) is 4.70. The molecule has 3 N–H and O–H groups in total. The van der Waals surface area contributed by atoms with E-state index in [4.69, 9.17) is 5.73 Å². The first-order valence-corrected chi connectivity index (χ1v) is 9.04. The number of nitrogens with one attached hydrogen (secondary N) is 1. The summed E-state index contributed by atoms with van der Waals surface area (Å²) < 4.78 is 0. The van der Waals surface area contributed by atoms with Crippen molar-refractivity contribution < 1.29 is 4.79 Å². The summed E-state index contributed by atoms with van der Waals surface area (Å²) in [5.74, 6) is -0.113. The van der Waals surface area contributed by atoms with Crippen LogP contribution in [0.3, 0.4) is 0 Å². The molecule has 130 valence electrons. The molecule has 1 heterocycles. The molecular weight excluding hydrogens is 310 g/mol. The van der Waals surface area contributed by atoms with Crippen molar-refractivity contribution in [2.45, 2.75) is 30.3 Å². The maximum atomic E-state index is 12.8. The zero-order valence-corrected chi connectivity index (χ0v) is 14.6. The maximum absolute atomic E-state index is 12.8. The Morgan fingerprint density at radius 2 is 1.76 bits per heavy atom. The van der Waals surface area contributed by atoms with Gasteiger partial charge in [-0.3, -0.25) is 9.69 Å². The highest BCUT2D eigenvalue weighted by Gasteiger charge is 2.72. The molecule has 1 saturated carbocycles. The number of hydrogen-bond acceptors (Lipinski definition) is 3. The minimum absolute atomic E-state index is 0.106. The SMILES string of the molecule is CC1CNCCN1C1C(c2ccccc2)C1(C(N)=O)c1ccccc1. The van der Waals surface area contributed by atoms with Gasteiger partial charge in [0.15, 0.2) is 0 Å². The Morgan fingerprint density at radius 3 is 2.36 bits per heavy atom. The highest BCUT2D eigenvalue weighted by atomic mass is 16.1. The Labute approximate surface area is 149 Å². The van der Waals surface area contributed by atoms with Gasteiger partial charge in [-0.05, 0) is 18.1 Å². The van der Waals surface area contributed by atoms with Crippen molar-refractivity contribution in [2.75, 3.05) is 19.6 Å². The molecular formula is C21H25N3O. The number of amides is 1. The number of piperazine rings is 1. The van der Waals surface area contributed by atoms with E-state index in [0.29, 0.717) is 6.04 Å². The van der Waals surface area contributed by atoms with Gasteiger partial charge in [0.05, 0.1) is 5.41 Å². The quantitative estimate of drug-likeness (QED) is 0.897. The Morgan fingerprint density at radius 1 is 1.12 bits per heavy atom. The van der Waals surface area contributed by atoms with Gasteiger partial charge in [0.1, 0.15) is 0 Å². The molecule has 4 nitrogen and oxygen atoms in total. The Balaban J connectivity index is 1.83. The van der Waals surface area contributed by atoms with Crippen LogP contribution in [0, 0.1) is 0 Å². The highest BCUT2D eigenvalue weighted by Crippen LogP contribution is 2.63. The molecule has 0 radical (unpaired) electrons. The van der Waals surface area contributed by atoms with Gasteiger partial charge in [0.2, 0.25) is 5.91 Å². The van der Waals surface area contributed by atoms with Crippen LogP contribution in [0.15, 0.2) is 60.7 Å². The fourth-order valence-electron chi connectivity index (χ4n) is 4.70. The van der Waals surface area contributed by atoms with Gasteiger partial charge in [0, 0.05) is 37.6 Å². The third kappa shape index (κ3) is 2.48. The van der Waals surface area contributed by atoms with Gasteiger partial charge in [-0.2, -0.15) is 0 Å². The van der Waals surface area contributed by atoms with Crippen LogP contribution in [0.25, 0.3) is 0 Å².